The van der Waals surface area contributed by atoms with Crippen molar-refractivity contribution in [2.45, 2.75) is 155 Å². The maximum Gasteiger partial charge on any atom is 0.263 e. The molecule has 6 saturated heterocycles. The van der Waals surface area contributed by atoms with Crippen LogP contribution in [0.1, 0.15) is 190 Å². The maximum atomic E-state index is 15.9. The van der Waals surface area contributed by atoms with E-state index in [2.05, 4.69) is 62.1 Å². The molecular formula is C88H100F4N20O10. The van der Waals surface area contributed by atoms with Crippen molar-refractivity contribution < 1.29 is 55.9 Å². The van der Waals surface area contributed by atoms with Gasteiger partial charge >= 0.3 is 0 Å². The smallest absolute Gasteiger partial charge is 0.263 e. The van der Waals surface area contributed by atoms with Gasteiger partial charge in [0.25, 0.3) is 22.9 Å². The van der Waals surface area contributed by atoms with E-state index in [0.29, 0.717) is 99.3 Å². The van der Waals surface area contributed by atoms with Crippen LogP contribution in [0.3, 0.4) is 0 Å². The lowest BCUT2D eigenvalue weighted by atomic mass is 10.0. The van der Waals surface area contributed by atoms with E-state index in [1.165, 1.54) is 23.6 Å². The summed E-state index contributed by atoms with van der Waals surface area (Å²) in [7, 11) is 0. The molecule has 2 unspecified atom stereocenters. The highest BCUT2D eigenvalue weighted by Crippen LogP contribution is 2.40. The Balaban J connectivity index is 0.000000173. The van der Waals surface area contributed by atoms with Crippen molar-refractivity contribution in [3.05, 3.63) is 173 Å². The minimum atomic E-state index is -0.899. The standard InChI is InChI=1S/2C44H50F2N10O5/c2*1-26-32-24-48-36(49-41(32)56(29-5-3-4-6-29)44(61)38(26)27(2)57)21-28-7-8-30(23-47-28)53-17-13-51(14-18-53)11-12-52-15-19-54(20-16-52)40-34(45)22-31-33(39(40)46)25-55(43(31)60)35-9-10-37(58)50-42(35)59/h2*7-8,22-24,29,35H,3-6,9-21,25H2,1-2H3,(H,50,58,59). The number of anilines is 4. The summed E-state index contributed by atoms with van der Waals surface area (Å²) in [4.78, 5) is 175. The van der Waals surface area contributed by atoms with Crippen molar-refractivity contribution >= 4 is 91.8 Å². The van der Waals surface area contributed by atoms with E-state index in [4.69, 9.17) is 19.9 Å². The highest BCUT2D eigenvalue weighted by atomic mass is 19.1. The number of nitrogens with zero attached hydrogens (tertiary/aromatic N) is 18. The van der Waals surface area contributed by atoms with Crippen molar-refractivity contribution in [3.8, 4) is 0 Å². The maximum absolute atomic E-state index is 15.9. The Morgan fingerprint density at radius 3 is 1.10 bits per heavy atom. The number of rotatable bonds is 20. The first kappa shape index (κ1) is 82.9. The fourth-order valence-corrected chi connectivity index (χ4v) is 19.7. The fraction of sp³-hybridized carbons (Fsp3) is 0.500. The van der Waals surface area contributed by atoms with Crippen LogP contribution in [0, 0.1) is 37.1 Å². The van der Waals surface area contributed by atoms with E-state index < -0.39 is 70.8 Å². The number of aromatic nitrogens is 8. The van der Waals surface area contributed by atoms with Gasteiger partial charge in [0.2, 0.25) is 23.6 Å². The summed E-state index contributed by atoms with van der Waals surface area (Å²) in [5, 5.41) is 5.93. The molecule has 2 aliphatic carbocycles. The highest BCUT2D eigenvalue weighted by molar-refractivity contribution is 6.07. The molecule has 34 heteroatoms. The van der Waals surface area contributed by atoms with Crippen molar-refractivity contribution in [1.82, 2.24) is 79.1 Å². The lowest BCUT2D eigenvalue weighted by Crippen LogP contribution is -2.52. The summed E-state index contributed by atoms with van der Waals surface area (Å²) < 4.78 is 66.2. The lowest BCUT2D eigenvalue weighted by molar-refractivity contribution is -0.138. The van der Waals surface area contributed by atoms with Crippen LogP contribution < -0.4 is 41.4 Å². The number of nitrogens with one attached hydrogen (secondary N) is 2. The number of imide groups is 2. The monoisotopic (exact) mass is 1670 g/mol. The number of hydrogen-bond acceptors (Lipinski definition) is 24. The number of benzene rings is 2. The van der Waals surface area contributed by atoms with E-state index in [1.807, 2.05) is 24.5 Å². The van der Waals surface area contributed by atoms with E-state index in [1.54, 1.807) is 45.2 Å². The van der Waals surface area contributed by atoms with Crippen LogP contribution in [-0.2, 0) is 45.1 Å². The summed E-state index contributed by atoms with van der Waals surface area (Å²) in [5.74, 6) is -5.67. The van der Waals surface area contributed by atoms with Crippen molar-refractivity contribution in [2.24, 2.45) is 0 Å². The Morgan fingerprint density at radius 1 is 0.434 bits per heavy atom. The molecule has 6 aromatic heterocycles. The quantitative estimate of drug-likeness (QED) is 0.0451. The lowest BCUT2D eigenvalue weighted by Gasteiger charge is -2.39. The highest BCUT2D eigenvalue weighted by Gasteiger charge is 2.45. The Hall–Kier alpha value is -11.4. The molecule has 0 spiro atoms. The Labute approximate surface area is 701 Å². The van der Waals surface area contributed by atoms with Gasteiger partial charge in [-0.3, -0.25) is 97.3 Å². The van der Waals surface area contributed by atoms with Gasteiger partial charge in [-0.25, -0.2) is 37.5 Å². The average Bonchev–Trinajstić information content (AvgIpc) is 1.47. The topological polar surface area (TPSA) is 314 Å². The zero-order valence-electron chi connectivity index (χ0n) is 69.2. The molecule has 8 aromatic rings. The van der Waals surface area contributed by atoms with Gasteiger partial charge in [0.15, 0.2) is 23.2 Å². The van der Waals surface area contributed by atoms with Crippen LogP contribution in [0.5, 0.6) is 0 Å². The number of piperidine rings is 2. The molecule has 2 atom stereocenters. The van der Waals surface area contributed by atoms with Gasteiger partial charge in [-0.15, -0.1) is 0 Å². The third-order valence-corrected chi connectivity index (χ3v) is 26.6. The summed E-state index contributed by atoms with van der Waals surface area (Å²) in [6.45, 7) is 20.9. The predicted octanol–water partition coefficient (Wildman–Crippen LogP) is 6.77. The van der Waals surface area contributed by atoms with E-state index in [-0.39, 0.29) is 118 Å². The number of hydrogen-bond donors (Lipinski definition) is 2. The molecule has 14 heterocycles. The van der Waals surface area contributed by atoms with Crippen LogP contribution >= 0.6 is 0 Å². The van der Waals surface area contributed by atoms with Crippen LogP contribution in [0.2, 0.25) is 0 Å². The van der Waals surface area contributed by atoms with Crippen LogP contribution in [0.15, 0.2) is 70.8 Å². The van der Waals surface area contributed by atoms with Crippen molar-refractivity contribution in [1.29, 1.82) is 0 Å². The molecular weight excluding hydrogens is 1570 g/mol. The summed E-state index contributed by atoms with van der Waals surface area (Å²) in [6, 6.07) is 8.57. The Kier molecular flexibility index (Phi) is 23.7. The summed E-state index contributed by atoms with van der Waals surface area (Å²) >= 11 is 0. The van der Waals surface area contributed by atoms with Gasteiger partial charge in [0.1, 0.15) is 58.0 Å². The number of Topliss-reactive ketones (excluding diaryl/α,β-unsaturated/α-hetero) is 2. The number of carbonyl (C=O) groups excluding carboxylic acids is 8. The molecule has 8 aliphatic heterocycles. The number of amides is 6. The molecule has 0 radical (unpaired) electrons. The molecule has 30 nitrogen and oxygen atoms in total. The first-order valence-electron chi connectivity index (χ1n) is 42.8. The Morgan fingerprint density at radius 2 is 0.779 bits per heavy atom. The van der Waals surface area contributed by atoms with Gasteiger partial charge in [-0.1, -0.05) is 25.7 Å². The van der Waals surface area contributed by atoms with Gasteiger partial charge < -0.3 is 29.4 Å². The number of pyridine rings is 4. The zero-order valence-corrected chi connectivity index (χ0v) is 69.2. The van der Waals surface area contributed by atoms with Gasteiger partial charge in [-0.05, 0) is 114 Å². The van der Waals surface area contributed by atoms with Crippen LogP contribution in [0.25, 0.3) is 22.1 Å². The summed E-state index contributed by atoms with van der Waals surface area (Å²) in [6.07, 6.45) is 16.3. The molecule has 0 bridgehead atoms. The minimum absolute atomic E-state index is 0.0202. The number of piperazine rings is 4. The molecule has 2 saturated carbocycles. The van der Waals surface area contributed by atoms with E-state index in [0.717, 1.165) is 176 Å². The van der Waals surface area contributed by atoms with E-state index >= 15 is 17.6 Å². The molecule has 2 N–H and O–H groups in total. The molecule has 6 amide bonds. The molecule has 8 fully saturated rings. The van der Waals surface area contributed by atoms with Crippen LogP contribution in [-0.4, -0.2) is 258 Å². The molecule has 122 heavy (non-hydrogen) atoms. The molecule has 18 rings (SSSR count). The average molecular weight is 1670 g/mol. The second-order valence-corrected chi connectivity index (χ2v) is 34.0. The molecule has 640 valence electrons. The number of halogens is 4. The number of carbonyl (C=O) groups is 8. The fourth-order valence-electron chi connectivity index (χ4n) is 19.7. The second kappa shape index (κ2) is 34.9. The van der Waals surface area contributed by atoms with Gasteiger partial charge in [-0.2, -0.15) is 0 Å². The number of fused-ring (bicyclic) bond motifs is 4. The normalized spacial score (nSPS) is 20.6. The third-order valence-electron chi connectivity index (χ3n) is 26.6. The first-order chi connectivity index (χ1) is 58.9. The predicted molar refractivity (Wildman–Crippen MR) is 446 cm³/mol. The number of aryl methyl sites for hydroxylation is 2. The molecule has 2 aromatic carbocycles. The zero-order chi connectivity index (χ0) is 85.1. The summed E-state index contributed by atoms with van der Waals surface area (Å²) in [5.41, 5.74) is 5.83. The van der Waals surface area contributed by atoms with Gasteiger partial charge in [0, 0.05) is 202 Å². The van der Waals surface area contributed by atoms with Gasteiger partial charge in [0.05, 0.1) is 72.0 Å². The largest absolute Gasteiger partial charge is 0.368 e. The van der Waals surface area contributed by atoms with Crippen molar-refractivity contribution in [2.75, 3.05) is 150 Å². The molecule has 10 aliphatic rings. The SMILES string of the molecule is CC(=O)c1c(C)c2cnc(Cc3ccc(N4CCN(CCN5CCN(c6c(F)cc7c(c6F)CN(C6CCC(=O)NC6=O)C7=O)CC5)CC4)cn3)nc2n(C2CCCC2)c1=O.CC(=O)c1c(C)c2cnc(Cc3ccc(N4CCN(CCN5CCN(c6c(F)cc7c(c6F)CN(C6CCC(=O)NC6=O)C7=O)CC5)CC4)cn3)nc2n(C2CCCC2)c1=O. The number of ketones is 2. The minimum Gasteiger partial charge on any atom is -0.368 e. The Bertz CT molecular complexity index is 5290. The van der Waals surface area contributed by atoms with E-state index in [9.17, 15) is 47.9 Å². The third kappa shape index (κ3) is 16.4. The van der Waals surface area contributed by atoms with Crippen LogP contribution in [0.4, 0.5) is 40.3 Å². The first-order valence-corrected chi connectivity index (χ1v) is 42.8. The van der Waals surface area contributed by atoms with Crippen molar-refractivity contribution in [3.63, 3.8) is 0 Å². The second-order valence-electron chi connectivity index (χ2n) is 34.0.